The van der Waals surface area contributed by atoms with E-state index in [2.05, 4.69) is 46.2 Å². The number of nitrogens with zero attached hydrogens (tertiary/aromatic N) is 2. The van der Waals surface area contributed by atoms with E-state index in [-0.39, 0.29) is 0 Å². The van der Waals surface area contributed by atoms with Crippen molar-refractivity contribution in [2.45, 2.75) is 25.7 Å². The standard InChI is InChI=1S/C13H17N3/c1-10-9-16-7-3-5-12(13(16)15-10)11-4-2-6-14-8-11/h3,5,7,9,11,14H,2,4,6,8H2,1H3. The van der Waals surface area contributed by atoms with Crippen molar-refractivity contribution in [3.63, 3.8) is 0 Å². The monoisotopic (exact) mass is 215 g/mol. The molecule has 16 heavy (non-hydrogen) atoms. The zero-order valence-electron chi connectivity index (χ0n) is 9.61. The summed E-state index contributed by atoms with van der Waals surface area (Å²) in [4.78, 5) is 4.62. The molecular formula is C13H17N3. The summed E-state index contributed by atoms with van der Waals surface area (Å²) in [7, 11) is 0. The molecule has 3 heterocycles. The van der Waals surface area contributed by atoms with Gasteiger partial charge >= 0.3 is 0 Å². The van der Waals surface area contributed by atoms with Gasteiger partial charge in [0.25, 0.3) is 0 Å². The van der Waals surface area contributed by atoms with Gasteiger partial charge in [-0.3, -0.25) is 0 Å². The molecule has 1 atom stereocenters. The highest BCUT2D eigenvalue weighted by Gasteiger charge is 2.18. The van der Waals surface area contributed by atoms with Crippen LogP contribution in [-0.2, 0) is 0 Å². The molecule has 1 aliphatic heterocycles. The van der Waals surface area contributed by atoms with Crippen LogP contribution in [0.2, 0.25) is 0 Å². The number of aromatic nitrogens is 2. The van der Waals surface area contributed by atoms with Gasteiger partial charge in [-0.2, -0.15) is 0 Å². The fourth-order valence-electron chi connectivity index (χ4n) is 2.59. The van der Waals surface area contributed by atoms with Gasteiger partial charge in [-0.05, 0) is 37.9 Å². The van der Waals surface area contributed by atoms with Crippen LogP contribution >= 0.6 is 0 Å². The Hall–Kier alpha value is -1.35. The largest absolute Gasteiger partial charge is 0.316 e. The van der Waals surface area contributed by atoms with Crippen molar-refractivity contribution in [2.24, 2.45) is 0 Å². The minimum atomic E-state index is 0.624. The van der Waals surface area contributed by atoms with Crippen LogP contribution in [0.15, 0.2) is 24.5 Å². The topological polar surface area (TPSA) is 29.3 Å². The van der Waals surface area contributed by atoms with E-state index >= 15 is 0 Å². The molecule has 0 aromatic carbocycles. The number of hydrogen-bond donors (Lipinski definition) is 1. The molecule has 84 valence electrons. The summed E-state index contributed by atoms with van der Waals surface area (Å²) >= 11 is 0. The third kappa shape index (κ3) is 1.61. The van der Waals surface area contributed by atoms with Crippen LogP contribution in [0.5, 0.6) is 0 Å². The number of fused-ring (bicyclic) bond motifs is 1. The molecule has 1 saturated heterocycles. The number of rotatable bonds is 1. The third-order valence-electron chi connectivity index (χ3n) is 3.37. The maximum Gasteiger partial charge on any atom is 0.140 e. The van der Waals surface area contributed by atoms with Crippen LogP contribution in [0.1, 0.15) is 30.0 Å². The maximum atomic E-state index is 4.62. The second-order valence-corrected chi connectivity index (χ2v) is 4.62. The summed E-state index contributed by atoms with van der Waals surface area (Å²) in [6.45, 7) is 4.30. The van der Waals surface area contributed by atoms with Crippen LogP contribution in [0.4, 0.5) is 0 Å². The van der Waals surface area contributed by atoms with Crippen LogP contribution in [0, 0.1) is 6.92 Å². The lowest BCUT2D eigenvalue weighted by Crippen LogP contribution is -2.28. The van der Waals surface area contributed by atoms with Crippen molar-refractivity contribution in [1.29, 1.82) is 0 Å². The predicted molar refractivity (Wildman–Crippen MR) is 64.8 cm³/mol. The van der Waals surface area contributed by atoms with Crippen molar-refractivity contribution in [3.8, 4) is 0 Å². The number of pyridine rings is 1. The summed E-state index contributed by atoms with van der Waals surface area (Å²) in [5, 5.41) is 3.47. The van der Waals surface area contributed by atoms with Gasteiger partial charge in [0.15, 0.2) is 0 Å². The second kappa shape index (κ2) is 3.91. The van der Waals surface area contributed by atoms with E-state index in [1.165, 1.54) is 18.4 Å². The molecule has 3 heteroatoms. The molecule has 0 amide bonds. The second-order valence-electron chi connectivity index (χ2n) is 4.62. The lowest BCUT2D eigenvalue weighted by Gasteiger charge is -2.23. The fourth-order valence-corrected chi connectivity index (χ4v) is 2.59. The molecule has 0 aliphatic carbocycles. The molecule has 3 rings (SSSR count). The Morgan fingerprint density at radius 1 is 1.50 bits per heavy atom. The summed E-state index contributed by atoms with van der Waals surface area (Å²) in [5.41, 5.74) is 3.62. The highest BCUT2D eigenvalue weighted by molar-refractivity contribution is 5.51. The molecule has 0 radical (unpaired) electrons. The number of aryl methyl sites for hydroxylation is 1. The molecule has 1 N–H and O–H groups in total. The van der Waals surface area contributed by atoms with Crippen molar-refractivity contribution >= 4 is 5.65 Å². The normalized spacial score (nSPS) is 21.4. The maximum absolute atomic E-state index is 4.62. The smallest absolute Gasteiger partial charge is 0.140 e. The van der Waals surface area contributed by atoms with E-state index in [4.69, 9.17) is 0 Å². The van der Waals surface area contributed by atoms with E-state index < -0.39 is 0 Å². The van der Waals surface area contributed by atoms with Gasteiger partial charge in [0.1, 0.15) is 5.65 Å². The van der Waals surface area contributed by atoms with E-state index in [1.807, 2.05) is 0 Å². The van der Waals surface area contributed by atoms with E-state index in [1.54, 1.807) is 0 Å². The number of piperidine rings is 1. The molecular weight excluding hydrogens is 198 g/mol. The van der Waals surface area contributed by atoms with E-state index in [0.29, 0.717) is 5.92 Å². The van der Waals surface area contributed by atoms with Gasteiger partial charge in [0, 0.05) is 24.9 Å². The lowest BCUT2D eigenvalue weighted by atomic mass is 9.92. The Labute approximate surface area is 95.5 Å². The first-order valence-electron chi connectivity index (χ1n) is 5.99. The third-order valence-corrected chi connectivity index (χ3v) is 3.37. The molecule has 2 aromatic heterocycles. The molecule has 2 aromatic rings. The quantitative estimate of drug-likeness (QED) is 0.789. The highest BCUT2D eigenvalue weighted by atomic mass is 15.0. The first kappa shape index (κ1) is 9.85. The van der Waals surface area contributed by atoms with Crippen molar-refractivity contribution < 1.29 is 0 Å². The Kier molecular flexibility index (Phi) is 2.40. The van der Waals surface area contributed by atoms with Gasteiger partial charge < -0.3 is 9.72 Å². The Bertz CT molecular complexity index is 495. The van der Waals surface area contributed by atoms with Gasteiger partial charge in [-0.15, -0.1) is 0 Å². The number of imidazole rings is 1. The molecule has 0 bridgehead atoms. The van der Waals surface area contributed by atoms with Gasteiger partial charge in [-0.1, -0.05) is 6.07 Å². The average molecular weight is 215 g/mol. The minimum absolute atomic E-state index is 0.624. The van der Waals surface area contributed by atoms with Crippen molar-refractivity contribution in [1.82, 2.24) is 14.7 Å². The summed E-state index contributed by atoms with van der Waals surface area (Å²) in [5.74, 6) is 0.624. The van der Waals surface area contributed by atoms with Gasteiger partial charge in [0.2, 0.25) is 0 Å². The molecule has 1 aliphatic rings. The molecule has 0 saturated carbocycles. The van der Waals surface area contributed by atoms with Crippen LogP contribution in [0.25, 0.3) is 5.65 Å². The lowest BCUT2D eigenvalue weighted by molar-refractivity contribution is 0.462. The highest BCUT2D eigenvalue weighted by Crippen LogP contribution is 2.26. The fraction of sp³-hybridized carbons (Fsp3) is 0.462. The zero-order valence-corrected chi connectivity index (χ0v) is 9.61. The van der Waals surface area contributed by atoms with Crippen LogP contribution in [-0.4, -0.2) is 22.5 Å². The van der Waals surface area contributed by atoms with Crippen LogP contribution in [0.3, 0.4) is 0 Å². The first-order valence-corrected chi connectivity index (χ1v) is 5.99. The van der Waals surface area contributed by atoms with Crippen LogP contribution < -0.4 is 5.32 Å². The molecule has 1 unspecified atom stereocenters. The Morgan fingerprint density at radius 3 is 3.25 bits per heavy atom. The number of nitrogens with one attached hydrogen (secondary N) is 1. The Balaban J connectivity index is 2.07. The van der Waals surface area contributed by atoms with E-state index in [9.17, 15) is 0 Å². The molecule has 3 nitrogen and oxygen atoms in total. The average Bonchev–Trinajstić information content (AvgIpc) is 2.70. The zero-order chi connectivity index (χ0) is 11.0. The molecule has 0 spiro atoms. The van der Waals surface area contributed by atoms with E-state index in [0.717, 1.165) is 24.4 Å². The summed E-state index contributed by atoms with van der Waals surface area (Å²) in [6.07, 6.45) is 6.72. The van der Waals surface area contributed by atoms with Gasteiger partial charge in [0.05, 0.1) is 5.69 Å². The summed E-state index contributed by atoms with van der Waals surface area (Å²) < 4.78 is 2.14. The number of hydrogen-bond acceptors (Lipinski definition) is 2. The SMILES string of the molecule is Cc1cn2cccc(C3CCCNC3)c2n1. The predicted octanol–water partition coefficient (Wildman–Crippen LogP) is 2.11. The first-order chi connectivity index (χ1) is 7.84. The van der Waals surface area contributed by atoms with Crippen molar-refractivity contribution in [3.05, 3.63) is 35.8 Å². The van der Waals surface area contributed by atoms with Crippen molar-refractivity contribution in [2.75, 3.05) is 13.1 Å². The summed E-state index contributed by atoms with van der Waals surface area (Å²) in [6, 6.07) is 4.34. The van der Waals surface area contributed by atoms with Gasteiger partial charge in [-0.25, -0.2) is 4.98 Å². The Morgan fingerprint density at radius 2 is 2.44 bits per heavy atom. The molecule has 1 fully saturated rings. The minimum Gasteiger partial charge on any atom is -0.316 e.